The number of fused-ring (bicyclic) bond motifs is 3. The molecule has 1 N–H and O–H groups in total. The Kier molecular flexibility index (Phi) is 5.11. The topological polar surface area (TPSA) is 52.2 Å². The Morgan fingerprint density at radius 2 is 1.93 bits per heavy atom. The maximum atomic E-state index is 13.2. The standard InChI is InChI=1S/C23H27FN4OS/c1-14-3-8-18-19(13-14)30-23-20(18)22(29)25-21(26-23)15(2)27-9-11-28(12-10-27)17-6-4-16(24)5-7-17/h4-7,14-15H,3,8-13H2,1-2H3,(H,25,26,29)/t14-,15+/m0/s1. The van der Waals surface area contributed by atoms with Crippen molar-refractivity contribution in [3.8, 4) is 0 Å². The van der Waals surface area contributed by atoms with Crippen LogP contribution in [0.4, 0.5) is 10.1 Å². The van der Waals surface area contributed by atoms with Crippen LogP contribution in [0.1, 0.15) is 42.6 Å². The van der Waals surface area contributed by atoms with Crippen LogP contribution in [0.25, 0.3) is 10.2 Å². The van der Waals surface area contributed by atoms with Gasteiger partial charge in [0.1, 0.15) is 16.5 Å². The molecule has 0 radical (unpaired) electrons. The molecule has 1 fully saturated rings. The van der Waals surface area contributed by atoms with Gasteiger partial charge in [-0.15, -0.1) is 11.3 Å². The molecule has 2 aliphatic rings. The van der Waals surface area contributed by atoms with Crippen molar-refractivity contribution in [2.75, 3.05) is 31.1 Å². The normalized spacial score (nSPS) is 21.0. The van der Waals surface area contributed by atoms with Crippen molar-refractivity contribution in [3.63, 3.8) is 0 Å². The fraction of sp³-hybridized carbons (Fsp3) is 0.478. The van der Waals surface area contributed by atoms with Crippen LogP contribution in [0, 0.1) is 11.7 Å². The number of benzene rings is 1. The second kappa shape index (κ2) is 7.78. The summed E-state index contributed by atoms with van der Waals surface area (Å²) in [4.78, 5) is 27.8. The van der Waals surface area contributed by atoms with Crippen LogP contribution in [-0.2, 0) is 12.8 Å². The molecule has 158 valence electrons. The van der Waals surface area contributed by atoms with Gasteiger partial charge in [-0.25, -0.2) is 9.37 Å². The number of thiophene rings is 1. The third-order valence-corrected chi connectivity index (χ3v) is 7.78. The Balaban J connectivity index is 1.34. The van der Waals surface area contributed by atoms with Crippen LogP contribution >= 0.6 is 11.3 Å². The van der Waals surface area contributed by atoms with Gasteiger partial charge >= 0.3 is 0 Å². The van der Waals surface area contributed by atoms with Crippen molar-refractivity contribution >= 4 is 27.2 Å². The van der Waals surface area contributed by atoms with E-state index in [9.17, 15) is 9.18 Å². The predicted molar refractivity (Wildman–Crippen MR) is 120 cm³/mol. The lowest BCUT2D eigenvalue weighted by molar-refractivity contribution is 0.192. The number of aromatic nitrogens is 2. The minimum atomic E-state index is -0.207. The SMILES string of the molecule is C[C@H]1CCc2c(sc3nc([C@@H](C)N4CCN(c5ccc(F)cc5)CC4)[nH]c(=O)c23)C1. The maximum Gasteiger partial charge on any atom is 0.259 e. The molecule has 5 nitrogen and oxygen atoms in total. The number of H-pyrrole nitrogens is 1. The molecular formula is C23H27FN4OS. The Hall–Kier alpha value is -2.25. The van der Waals surface area contributed by atoms with E-state index in [1.54, 1.807) is 11.3 Å². The smallest absolute Gasteiger partial charge is 0.259 e. The number of rotatable bonds is 3. The van der Waals surface area contributed by atoms with E-state index in [-0.39, 0.29) is 17.4 Å². The number of piperazine rings is 1. The van der Waals surface area contributed by atoms with E-state index in [4.69, 9.17) is 4.98 Å². The second-order valence-corrected chi connectivity index (χ2v) is 9.74. The number of hydrogen-bond acceptors (Lipinski definition) is 5. The molecule has 3 heterocycles. The van der Waals surface area contributed by atoms with Gasteiger partial charge in [0.2, 0.25) is 0 Å². The predicted octanol–water partition coefficient (Wildman–Crippen LogP) is 4.13. The van der Waals surface area contributed by atoms with E-state index in [1.807, 2.05) is 12.1 Å². The summed E-state index contributed by atoms with van der Waals surface area (Å²) in [5, 5.41) is 0.818. The summed E-state index contributed by atoms with van der Waals surface area (Å²) in [5.74, 6) is 1.23. The Morgan fingerprint density at radius 1 is 1.20 bits per heavy atom. The molecule has 2 aromatic heterocycles. The third-order valence-electron chi connectivity index (χ3n) is 6.63. The molecule has 1 saturated heterocycles. The van der Waals surface area contributed by atoms with Crippen molar-refractivity contribution < 1.29 is 4.39 Å². The molecule has 0 unspecified atom stereocenters. The lowest BCUT2D eigenvalue weighted by Crippen LogP contribution is -2.47. The number of aromatic amines is 1. The van der Waals surface area contributed by atoms with Crippen LogP contribution in [0.2, 0.25) is 0 Å². The van der Waals surface area contributed by atoms with E-state index < -0.39 is 0 Å². The highest BCUT2D eigenvalue weighted by Crippen LogP contribution is 2.36. The summed E-state index contributed by atoms with van der Waals surface area (Å²) < 4.78 is 13.2. The molecule has 0 amide bonds. The van der Waals surface area contributed by atoms with Crippen LogP contribution < -0.4 is 10.5 Å². The quantitative estimate of drug-likeness (QED) is 0.684. The maximum absolute atomic E-state index is 13.2. The van der Waals surface area contributed by atoms with Crippen molar-refractivity contribution in [1.82, 2.24) is 14.9 Å². The molecule has 5 rings (SSSR count). The zero-order chi connectivity index (χ0) is 20.8. The molecule has 7 heteroatoms. The van der Waals surface area contributed by atoms with E-state index in [1.165, 1.54) is 22.6 Å². The molecule has 1 aliphatic heterocycles. The highest BCUT2D eigenvalue weighted by Gasteiger charge is 2.27. The number of nitrogens with one attached hydrogen (secondary N) is 1. The van der Waals surface area contributed by atoms with Gasteiger partial charge in [-0.2, -0.15) is 0 Å². The highest BCUT2D eigenvalue weighted by molar-refractivity contribution is 7.18. The molecule has 2 atom stereocenters. The molecule has 1 aromatic carbocycles. The third kappa shape index (κ3) is 3.54. The van der Waals surface area contributed by atoms with Crippen LogP contribution in [0.3, 0.4) is 0 Å². The summed E-state index contributed by atoms with van der Waals surface area (Å²) in [6.07, 6.45) is 3.20. The van der Waals surface area contributed by atoms with Gasteiger partial charge in [-0.3, -0.25) is 9.69 Å². The number of hydrogen-bond donors (Lipinski definition) is 1. The van der Waals surface area contributed by atoms with E-state index in [0.717, 1.165) is 67.2 Å². The van der Waals surface area contributed by atoms with Crippen molar-refractivity contribution in [1.29, 1.82) is 0 Å². The zero-order valence-electron chi connectivity index (χ0n) is 17.4. The van der Waals surface area contributed by atoms with E-state index >= 15 is 0 Å². The van der Waals surface area contributed by atoms with Crippen molar-refractivity contribution in [3.05, 3.63) is 56.7 Å². The average molecular weight is 427 g/mol. The first-order chi connectivity index (χ1) is 14.5. The lowest BCUT2D eigenvalue weighted by atomic mass is 9.89. The summed E-state index contributed by atoms with van der Waals surface area (Å²) in [6, 6.07) is 6.74. The van der Waals surface area contributed by atoms with Gasteiger partial charge in [-0.05, 0) is 61.9 Å². The molecular weight excluding hydrogens is 399 g/mol. The molecule has 3 aromatic rings. The minimum Gasteiger partial charge on any atom is -0.369 e. The molecule has 1 aliphatic carbocycles. The summed E-state index contributed by atoms with van der Waals surface area (Å²) in [5.41, 5.74) is 2.29. The first-order valence-corrected chi connectivity index (χ1v) is 11.6. The van der Waals surface area contributed by atoms with Gasteiger partial charge in [0, 0.05) is 36.7 Å². The Bertz CT molecular complexity index is 1110. The van der Waals surface area contributed by atoms with Crippen LogP contribution in [0.15, 0.2) is 29.1 Å². The fourth-order valence-electron chi connectivity index (χ4n) is 4.76. The average Bonchev–Trinajstić information content (AvgIpc) is 3.11. The molecule has 0 bridgehead atoms. The highest BCUT2D eigenvalue weighted by atomic mass is 32.1. The Morgan fingerprint density at radius 3 is 2.67 bits per heavy atom. The Labute approximate surface area is 179 Å². The minimum absolute atomic E-state index is 0.0128. The number of aryl methyl sites for hydroxylation is 1. The van der Waals surface area contributed by atoms with Crippen LogP contribution in [0.5, 0.6) is 0 Å². The number of nitrogens with zero attached hydrogens (tertiary/aromatic N) is 3. The zero-order valence-corrected chi connectivity index (χ0v) is 18.3. The lowest BCUT2D eigenvalue weighted by Gasteiger charge is -2.38. The summed E-state index contributed by atoms with van der Waals surface area (Å²) >= 11 is 1.71. The number of halogens is 1. The second-order valence-electron chi connectivity index (χ2n) is 8.66. The fourth-order valence-corrected chi connectivity index (χ4v) is 6.15. The van der Waals surface area contributed by atoms with E-state index in [0.29, 0.717) is 5.92 Å². The number of anilines is 1. The van der Waals surface area contributed by atoms with Crippen molar-refractivity contribution in [2.45, 2.75) is 39.2 Å². The molecule has 0 saturated carbocycles. The van der Waals surface area contributed by atoms with Gasteiger partial charge < -0.3 is 9.88 Å². The monoisotopic (exact) mass is 426 g/mol. The van der Waals surface area contributed by atoms with Crippen LogP contribution in [-0.4, -0.2) is 41.0 Å². The first kappa shape index (κ1) is 19.7. The largest absolute Gasteiger partial charge is 0.369 e. The summed E-state index contributed by atoms with van der Waals surface area (Å²) in [6.45, 7) is 7.89. The molecule has 30 heavy (non-hydrogen) atoms. The van der Waals surface area contributed by atoms with Gasteiger partial charge in [0.05, 0.1) is 11.4 Å². The van der Waals surface area contributed by atoms with E-state index in [2.05, 4.69) is 28.6 Å². The first-order valence-electron chi connectivity index (χ1n) is 10.8. The molecule has 0 spiro atoms. The summed E-state index contributed by atoms with van der Waals surface area (Å²) in [7, 11) is 0. The van der Waals surface area contributed by atoms with Gasteiger partial charge in [0.15, 0.2) is 0 Å². The van der Waals surface area contributed by atoms with Gasteiger partial charge in [0.25, 0.3) is 5.56 Å². The van der Waals surface area contributed by atoms with Gasteiger partial charge in [-0.1, -0.05) is 6.92 Å². The van der Waals surface area contributed by atoms with Crippen molar-refractivity contribution in [2.24, 2.45) is 5.92 Å².